The molecule has 21 heavy (non-hydrogen) atoms. The second kappa shape index (κ2) is 5.68. The van der Waals surface area contributed by atoms with Gasteiger partial charge < -0.3 is 0 Å². The van der Waals surface area contributed by atoms with Crippen LogP contribution in [-0.4, -0.2) is 36.1 Å². The zero-order valence-electron chi connectivity index (χ0n) is 10.6. The molecule has 3 rings (SSSR count). The third kappa shape index (κ3) is 2.72. The lowest BCUT2D eigenvalue weighted by Crippen LogP contribution is -2.01. The molecule has 0 radical (unpaired) electrons. The van der Waals surface area contributed by atoms with Crippen molar-refractivity contribution in [1.82, 2.24) is 30.4 Å². The molecule has 2 N–H and O–H groups in total. The molecular weight excluding hydrogens is 292 g/mol. The van der Waals surface area contributed by atoms with Crippen LogP contribution in [0.5, 0.6) is 0 Å². The molecule has 0 aliphatic carbocycles. The molecular formula is C13H9ClN6O. The van der Waals surface area contributed by atoms with E-state index in [2.05, 4.69) is 30.4 Å². The fraction of sp³-hybridized carbons (Fsp3) is 0. The second-order valence-corrected chi connectivity index (χ2v) is 4.48. The van der Waals surface area contributed by atoms with E-state index in [1.165, 1.54) is 18.7 Å². The van der Waals surface area contributed by atoms with E-state index in [1.807, 2.05) is 0 Å². The first-order valence-corrected chi connectivity index (χ1v) is 6.35. The number of hydrogen-bond acceptors (Lipinski definition) is 5. The summed E-state index contributed by atoms with van der Waals surface area (Å²) in [6.45, 7) is 0. The highest BCUT2D eigenvalue weighted by Crippen LogP contribution is 2.20. The molecule has 104 valence electrons. The minimum absolute atomic E-state index is 0.261. The molecule has 0 aliphatic heterocycles. The van der Waals surface area contributed by atoms with Crippen LogP contribution in [0.25, 0.3) is 5.57 Å². The standard InChI is InChI=1S/C13H9ClN6O/c14-10-4-2-1-3-8(10)11(21)5-9(12-15-6-17-19-12)13-16-7-18-20-13/h1-7H,(H,15,17,19)(H,16,18,20). The maximum atomic E-state index is 12.4. The molecule has 3 aromatic rings. The number of halogens is 1. The summed E-state index contributed by atoms with van der Waals surface area (Å²) in [5.41, 5.74) is 0.852. The van der Waals surface area contributed by atoms with Gasteiger partial charge in [-0.1, -0.05) is 23.7 Å². The van der Waals surface area contributed by atoms with Gasteiger partial charge in [-0.3, -0.25) is 15.0 Å². The van der Waals surface area contributed by atoms with Crippen molar-refractivity contribution >= 4 is 23.0 Å². The van der Waals surface area contributed by atoms with Crippen LogP contribution in [0.4, 0.5) is 0 Å². The third-order valence-corrected chi connectivity index (χ3v) is 3.08. The van der Waals surface area contributed by atoms with E-state index in [0.717, 1.165) is 0 Å². The van der Waals surface area contributed by atoms with E-state index < -0.39 is 0 Å². The summed E-state index contributed by atoms with van der Waals surface area (Å²) in [4.78, 5) is 20.4. The van der Waals surface area contributed by atoms with Gasteiger partial charge in [-0.05, 0) is 12.1 Å². The van der Waals surface area contributed by atoms with E-state index in [9.17, 15) is 4.79 Å². The van der Waals surface area contributed by atoms with Crippen molar-refractivity contribution in [3.8, 4) is 0 Å². The van der Waals surface area contributed by atoms with Crippen molar-refractivity contribution < 1.29 is 4.79 Å². The maximum absolute atomic E-state index is 12.4. The van der Waals surface area contributed by atoms with Crippen LogP contribution < -0.4 is 0 Å². The summed E-state index contributed by atoms with van der Waals surface area (Å²) >= 11 is 6.03. The monoisotopic (exact) mass is 300 g/mol. The van der Waals surface area contributed by atoms with Crippen LogP contribution in [0.2, 0.25) is 5.02 Å². The van der Waals surface area contributed by atoms with E-state index >= 15 is 0 Å². The molecule has 0 saturated heterocycles. The Labute approximate surface area is 124 Å². The molecule has 0 spiro atoms. The van der Waals surface area contributed by atoms with Crippen LogP contribution in [0.3, 0.4) is 0 Å². The van der Waals surface area contributed by atoms with E-state index in [-0.39, 0.29) is 5.78 Å². The number of carbonyl (C=O) groups excluding carboxylic acids is 1. The molecule has 2 heterocycles. The van der Waals surface area contributed by atoms with Crippen molar-refractivity contribution in [1.29, 1.82) is 0 Å². The number of aromatic nitrogens is 6. The van der Waals surface area contributed by atoms with Crippen LogP contribution in [0.1, 0.15) is 22.0 Å². The molecule has 0 aliphatic rings. The van der Waals surface area contributed by atoms with Gasteiger partial charge in [0.15, 0.2) is 17.4 Å². The predicted molar refractivity (Wildman–Crippen MR) is 75.6 cm³/mol. The Balaban J connectivity index is 2.05. The van der Waals surface area contributed by atoms with Crippen molar-refractivity contribution in [2.75, 3.05) is 0 Å². The number of aromatic amines is 2. The highest BCUT2D eigenvalue weighted by Gasteiger charge is 2.15. The Bertz CT molecular complexity index is 743. The average Bonchev–Trinajstić information content (AvgIpc) is 3.18. The molecule has 0 unspecified atom stereocenters. The van der Waals surface area contributed by atoms with Gasteiger partial charge in [0.2, 0.25) is 0 Å². The lowest BCUT2D eigenvalue weighted by molar-refractivity contribution is 0.104. The van der Waals surface area contributed by atoms with Crippen LogP contribution >= 0.6 is 11.6 Å². The van der Waals surface area contributed by atoms with Crippen molar-refractivity contribution in [3.05, 3.63) is 65.2 Å². The van der Waals surface area contributed by atoms with Crippen LogP contribution in [0, 0.1) is 0 Å². The summed E-state index contributed by atoms with van der Waals surface area (Å²) in [5, 5.41) is 13.3. The number of hydrogen-bond donors (Lipinski definition) is 2. The van der Waals surface area contributed by atoms with E-state index in [0.29, 0.717) is 27.8 Å². The number of H-pyrrole nitrogens is 2. The van der Waals surface area contributed by atoms with Crippen molar-refractivity contribution in [2.24, 2.45) is 0 Å². The average molecular weight is 301 g/mol. The van der Waals surface area contributed by atoms with Gasteiger partial charge in [0.1, 0.15) is 12.7 Å². The molecule has 0 fully saturated rings. The number of benzene rings is 1. The summed E-state index contributed by atoms with van der Waals surface area (Å²) in [5.74, 6) is 0.558. The Morgan fingerprint density at radius 2 is 1.67 bits per heavy atom. The predicted octanol–water partition coefficient (Wildman–Crippen LogP) is 1.89. The van der Waals surface area contributed by atoms with Gasteiger partial charge >= 0.3 is 0 Å². The van der Waals surface area contributed by atoms with Gasteiger partial charge in [0.05, 0.1) is 10.6 Å². The number of rotatable bonds is 4. The Morgan fingerprint density at radius 3 is 2.19 bits per heavy atom. The van der Waals surface area contributed by atoms with Gasteiger partial charge in [0, 0.05) is 11.6 Å². The zero-order chi connectivity index (χ0) is 14.7. The van der Waals surface area contributed by atoms with Crippen LogP contribution in [0.15, 0.2) is 43.0 Å². The summed E-state index contributed by atoms with van der Waals surface area (Å²) < 4.78 is 0. The summed E-state index contributed by atoms with van der Waals surface area (Å²) in [6, 6.07) is 6.82. The maximum Gasteiger partial charge on any atom is 0.188 e. The van der Waals surface area contributed by atoms with Gasteiger partial charge in [-0.15, -0.1) is 0 Å². The van der Waals surface area contributed by atoms with Gasteiger partial charge in [0.25, 0.3) is 0 Å². The second-order valence-electron chi connectivity index (χ2n) is 4.07. The molecule has 8 heteroatoms. The largest absolute Gasteiger partial charge is 0.289 e. The number of allylic oxidation sites excluding steroid dienone is 1. The third-order valence-electron chi connectivity index (χ3n) is 2.76. The molecule has 0 amide bonds. The quantitative estimate of drug-likeness (QED) is 0.566. The van der Waals surface area contributed by atoms with Crippen LogP contribution in [-0.2, 0) is 0 Å². The minimum atomic E-state index is -0.261. The first kappa shape index (κ1) is 13.2. The number of carbonyl (C=O) groups is 1. The van der Waals surface area contributed by atoms with E-state index in [1.54, 1.807) is 24.3 Å². The highest BCUT2D eigenvalue weighted by atomic mass is 35.5. The van der Waals surface area contributed by atoms with E-state index in [4.69, 9.17) is 11.6 Å². The lowest BCUT2D eigenvalue weighted by atomic mass is 10.1. The Morgan fingerprint density at radius 1 is 1.05 bits per heavy atom. The fourth-order valence-electron chi connectivity index (χ4n) is 1.79. The summed E-state index contributed by atoms with van der Waals surface area (Å²) in [7, 11) is 0. The van der Waals surface area contributed by atoms with Crippen molar-refractivity contribution in [2.45, 2.75) is 0 Å². The number of nitrogens with zero attached hydrogens (tertiary/aromatic N) is 4. The normalized spacial score (nSPS) is 10.3. The van der Waals surface area contributed by atoms with Gasteiger partial charge in [-0.25, -0.2) is 9.97 Å². The fourth-order valence-corrected chi connectivity index (χ4v) is 2.02. The first-order chi connectivity index (χ1) is 10.3. The smallest absolute Gasteiger partial charge is 0.188 e. The number of nitrogens with one attached hydrogen (secondary N) is 2. The SMILES string of the molecule is O=C(C=C(c1ncn[nH]1)c1ncn[nH]1)c1ccccc1Cl. The topological polar surface area (TPSA) is 100 Å². The molecule has 2 aromatic heterocycles. The summed E-state index contributed by atoms with van der Waals surface area (Å²) in [6.07, 6.45) is 4.08. The molecule has 1 aromatic carbocycles. The van der Waals surface area contributed by atoms with Gasteiger partial charge in [-0.2, -0.15) is 10.2 Å². The first-order valence-electron chi connectivity index (χ1n) is 5.98. The van der Waals surface area contributed by atoms with Crippen molar-refractivity contribution in [3.63, 3.8) is 0 Å². The molecule has 0 bridgehead atoms. The highest BCUT2D eigenvalue weighted by molar-refractivity contribution is 6.34. The molecule has 0 atom stereocenters. The molecule has 7 nitrogen and oxygen atoms in total. The minimum Gasteiger partial charge on any atom is -0.289 e. The Kier molecular flexibility index (Phi) is 3.57. The molecule has 0 saturated carbocycles. The zero-order valence-corrected chi connectivity index (χ0v) is 11.4. The number of ketones is 1. The lowest BCUT2D eigenvalue weighted by Gasteiger charge is -2.02. The Hall–Kier alpha value is -2.80.